The molecule has 0 atom stereocenters. The summed E-state index contributed by atoms with van der Waals surface area (Å²) in [6, 6.07) is 0.227. The highest BCUT2D eigenvalue weighted by molar-refractivity contribution is 6.28. The van der Waals surface area contributed by atoms with Crippen LogP contribution in [0.1, 0.15) is 12.8 Å². The van der Waals surface area contributed by atoms with E-state index in [2.05, 4.69) is 37.0 Å². The molecule has 1 saturated heterocycles. The SMILES string of the molecule is CN1CCC(Oc2nc(Cl)nc(-n3cncn3)n2)CC1. The minimum atomic E-state index is 0.0772. The number of hydrogen-bond acceptors (Lipinski definition) is 7. The molecule has 9 heteroatoms. The van der Waals surface area contributed by atoms with Crippen molar-refractivity contribution in [1.29, 1.82) is 0 Å². The third kappa shape index (κ3) is 3.02. The Labute approximate surface area is 120 Å². The molecular formula is C11H14ClN7O. The first-order chi connectivity index (χ1) is 9.70. The van der Waals surface area contributed by atoms with Crippen LogP contribution in [0.2, 0.25) is 5.28 Å². The second-order valence-corrected chi connectivity index (χ2v) is 4.99. The fourth-order valence-electron chi connectivity index (χ4n) is 2.04. The van der Waals surface area contributed by atoms with Gasteiger partial charge in [-0.3, -0.25) is 0 Å². The highest BCUT2D eigenvalue weighted by atomic mass is 35.5. The van der Waals surface area contributed by atoms with Crippen molar-refractivity contribution in [3.8, 4) is 12.0 Å². The van der Waals surface area contributed by atoms with E-state index in [4.69, 9.17) is 16.3 Å². The van der Waals surface area contributed by atoms with Crippen LogP contribution in [-0.2, 0) is 0 Å². The second kappa shape index (κ2) is 5.68. The number of ether oxygens (including phenoxy) is 1. The Morgan fingerprint density at radius 3 is 2.75 bits per heavy atom. The van der Waals surface area contributed by atoms with Crippen LogP contribution in [0.3, 0.4) is 0 Å². The van der Waals surface area contributed by atoms with Gasteiger partial charge in [0.05, 0.1) is 0 Å². The lowest BCUT2D eigenvalue weighted by Crippen LogP contribution is -2.36. The number of piperidine rings is 1. The van der Waals surface area contributed by atoms with Crippen molar-refractivity contribution in [2.24, 2.45) is 0 Å². The lowest BCUT2D eigenvalue weighted by atomic mass is 10.1. The van der Waals surface area contributed by atoms with Crippen molar-refractivity contribution < 1.29 is 4.74 Å². The van der Waals surface area contributed by atoms with Crippen LogP contribution < -0.4 is 4.74 Å². The van der Waals surface area contributed by atoms with Gasteiger partial charge in [0.15, 0.2) is 0 Å². The zero-order chi connectivity index (χ0) is 13.9. The molecular weight excluding hydrogens is 282 g/mol. The molecule has 0 saturated carbocycles. The standard InChI is InChI=1S/C11H14ClN7O/c1-18-4-2-8(3-5-18)20-11-16-9(12)15-10(17-11)19-7-13-6-14-19/h6-8H,2-5H2,1H3. The lowest BCUT2D eigenvalue weighted by Gasteiger charge is -2.28. The van der Waals surface area contributed by atoms with Gasteiger partial charge in [0.1, 0.15) is 18.8 Å². The highest BCUT2D eigenvalue weighted by Crippen LogP contribution is 2.17. The fraction of sp³-hybridized carbons (Fsp3) is 0.545. The second-order valence-electron chi connectivity index (χ2n) is 4.65. The van der Waals surface area contributed by atoms with Crippen LogP contribution in [-0.4, -0.2) is 60.9 Å². The van der Waals surface area contributed by atoms with E-state index in [1.165, 1.54) is 17.3 Å². The topological polar surface area (TPSA) is 81.9 Å². The molecule has 0 bridgehead atoms. The van der Waals surface area contributed by atoms with Gasteiger partial charge in [-0.15, -0.1) is 0 Å². The summed E-state index contributed by atoms with van der Waals surface area (Å²) >= 11 is 5.90. The molecule has 0 unspecified atom stereocenters. The summed E-state index contributed by atoms with van der Waals surface area (Å²) in [6.45, 7) is 2.00. The molecule has 0 radical (unpaired) electrons. The predicted octanol–water partition coefficient (Wildman–Crippen LogP) is 0.579. The number of likely N-dealkylation sites (tertiary alicyclic amines) is 1. The molecule has 3 heterocycles. The maximum atomic E-state index is 5.90. The van der Waals surface area contributed by atoms with Gasteiger partial charge in [0, 0.05) is 13.1 Å². The summed E-state index contributed by atoms with van der Waals surface area (Å²) in [5, 5.41) is 4.03. The number of aromatic nitrogens is 6. The van der Waals surface area contributed by atoms with Crippen LogP contribution in [0.25, 0.3) is 5.95 Å². The van der Waals surface area contributed by atoms with E-state index in [0.29, 0.717) is 5.95 Å². The molecule has 8 nitrogen and oxygen atoms in total. The molecule has 0 amide bonds. The van der Waals surface area contributed by atoms with Crippen molar-refractivity contribution in [1.82, 2.24) is 34.6 Å². The maximum absolute atomic E-state index is 5.90. The minimum Gasteiger partial charge on any atom is -0.460 e. The van der Waals surface area contributed by atoms with E-state index in [9.17, 15) is 0 Å². The van der Waals surface area contributed by atoms with Crippen LogP contribution in [0.4, 0.5) is 0 Å². The number of hydrogen-bond donors (Lipinski definition) is 0. The Hall–Kier alpha value is -1.80. The molecule has 0 aliphatic carbocycles. The van der Waals surface area contributed by atoms with Crippen molar-refractivity contribution in [3.05, 3.63) is 17.9 Å². The van der Waals surface area contributed by atoms with Crippen LogP contribution in [0.5, 0.6) is 6.01 Å². The lowest BCUT2D eigenvalue weighted by molar-refractivity contribution is 0.105. The summed E-state index contributed by atoms with van der Waals surface area (Å²) in [5.74, 6) is 0.297. The highest BCUT2D eigenvalue weighted by Gasteiger charge is 2.20. The first-order valence-electron chi connectivity index (χ1n) is 6.32. The molecule has 2 aromatic heterocycles. The van der Waals surface area contributed by atoms with E-state index in [1.54, 1.807) is 0 Å². The monoisotopic (exact) mass is 295 g/mol. The Morgan fingerprint density at radius 1 is 1.25 bits per heavy atom. The van der Waals surface area contributed by atoms with Crippen LogP contribution in [0.15, 0.2) is 12.7 Å². The molecule has 1 fully saturated rings. The van der Waals surface area contributed by atoms with Gasteiger partial charge >= 0.3 is 6.01 Å². The molecule has 1 aliphatic rings. The van der Waals surface area contributed by atoms with E-state index in [0.717, 1.165) is 25.9 Å². The average Bonchev–Trinajstić information content (AvgIpc) is 2.95. The van der Waals surface area contributed by atoms with Gasteiger partial charge in [-0.05, 0) is 31.5 Å². The Bertz CT molecular complexity index is 568. The van der Waals surface area contributed by atoms with Crippen molar-refractivity contribution in [2.45, 2.75) is 18.9 Å². The molecule has 2 aromatic rings. The smallest absolute Gasteiger partial charge is 0.322 e. The van der Waals surface area contributed by atoms with Crippen LogP contribution >= 0.6 is 11.6 Å². The summed E-state index contributed by atoms with van der Waals surface area (Å²) in [7, 11) is 2.10. The normalized spacial score (nSPS) is 17.3. The van der Waals surface area contributed by atoms with E-state index in [-0.39, 0.29) is 17.4 Å². The van der Waals surface area contributed by atoms with Gasteiger partial charge in [0.2, 0.25) is 5.28 Å². The first-order valence-corrected chi connectivity index (χ1v) is 6.70. The largest absolute Gasteiger partial charge is 0.460 e. The molecule has 0 aromatic carbocycles. The number of halogens is 1. The maximum Gasteiger partial charge on any atom is 0.322 e. The third-order valence-electron chi connectivity index (χ3n) is 3.14. The van der Waals surface area contributed by atoms with Gasteiger partial charge in [-0.25, -0.2) is 4.98 Å². The fourth-order valence-corrected chi connectivity index (χ4v) is 2.19. The summed E-state index contributed by atoms with van der Waals surface area (Å²) in [5.41, 5.74) is 0. The zero-order valence-corrected chi connectivity index (χ0v) is 11.7. The Balaban J connectivity index is 1.76. The quantitative estimate of drug-likeness (QED) is 0.819. The Morgan fingerprint density at radius 2 is 2.05 bits per heavy atom. The molecule has 20 heavy (non-hydrogen) atoms. The Kier molecular flexibility index (Phi) is 3.75. The third-order valence-corrected chi connectivity index (χ3v) is 3.31. The van der Waals surface area contributed by atoms with Crippen molar-refractivity contribution in [2.75, 3.05) is 20.1 Å². The zero-order valence-electron chi connectivity index (χ0n) is 11.0. The predicted molar refractivity (Wildman–Crippen MR) is 70.9 cm³/mol. The van der Waals surface area contributed by atoms with E-state index in [1.807, 2.05) is 0 Å². The number of nitrogens with zero attached hydrogens (tertiary/aromatic N) is 7. The van der Waals surface area contributed by atoms with Crippen LogP contribution in [0, 0.1) is 0 Å². The average molecular weight is 296 g/mol. The summed E-state index contributed by atoms with van der Waals surface area (Å²) < 4.78 is 7.20. The van der Waals surface area contributed by atoms with Gasteiger partial charge < -0.3 is 9.64 Å². The van der Waals surface area contributed by atoms with E-state index < -0.39 is 0 Å². The summed E-state index contributed by atoms with van der Waals surface area (Å²) in [6.07, 6.45) is 4.88. The summed E-state index contributed by atoms with van der Waals surface area (Å²) in [4.78, 5) is 18.3. The van der Waals surface area contributed by atoms with Crippen molar-refractivity contribution >= 4 is 11.6 Å². The number of rotatable bonds is 3. The minimum absolute atomic E-state index is 0.0772. The van der Waals surface area contributed by atoms with Gasteiger partial charge in [-0.1, -0.05) is 0 Å². The van der Waals surface area contributed by atoms with E-state index >= 15 is 0 Å². The molecule has 0 N–H and O–H groups in total. The molecule has 3 rings (SSSR count). The van der Waals surface area contributed by atoms with Crippen molar-refractivity contribution in [3.63, 3.8) is 0 Å². The molecule has 0 spiro atoms. The van der Waals surface area contributed by atoms with Gasteiger partial charge in [-0.2, -0.15) is 24.7 Å². The van der Waals surface area contributed by atoms with Gasteiger partial charge in [0.25, 0.3) is 5.95 Å². The molecule has 106 valence electrons. The first kappa shape index (κ1) is 13.2. The molecule has 1 aliphatic heterocycles.